The second-order valence-corrected chi connectivity index (χ2v) is 11.8. The van der Waals surface area contributed by atoms with Crippen molar-refractivity contribution in [3.63, 3.8) is 0 Å². The molecule has 0 spiro atoms. The highest BCUT2D eigenvalue weighted by Crippen LogP contribution is 2.41. The van der Waals surface area contributed by atoms with Crippen LogP contribution in [0, 0.1) is 0 Å². The Bertz CT molecular complexity index is 572. The van der Waals surface area contributed by atoms with E-state index in [0.29, 0.717) is 11.3 Å². The molecule has 124 valence electrons. The van der Waals surface area contributed by atoms with Crippen LogP contribution < -0.4 is 0 Å². The Morgan fingerprint density at radius 1 is 1.18 bits per heavy atom. The first-order valence-corrected chi connectivity index (χ1v) is 10.3. The molecule has 0 atom stereocenters. The predicted octanol–water partition coefficient (Wildman–Crippen LogP) is 6.74. The minimum Gasteiger partial charge on any atom is -0.543 e. The molecule has 1 aromatic carbocycles. The molecule has 6 heteroatoms. The maximum atomic E-state index is 13.0. The second-order valence-electron chi connectivity index (χ2n) is 6.71. The van der Waals surface area contributed by atoms with Crippen LogP contribution in [-0.4, -0.2) is 8.32 Å². The lowest BCUT2D eigenvalue weighted by Gasteiger charge is -2.37. The summed E-state index contributed by atoms with van der Waals surface area (Å²) in [5.74, 6) is 0.466. The zero-order valence-corrected chi connectivity index (χ0v) is 15.5. The summed E-state index contributed by atoms with van der Waals surface area (Å²) in [6, 6.07) is 3.86. The van der Waals surface area contributed by atoms with Gasteiger partial charge in [-0.15, -0.1) is 0 Å². The molecule has 0 heterocycles. The molecule has 0 bridgehead atoms. The highest BCUT2D eigenvalue weighted by atomic mass is 35.5. The van der Waals surface area contributed by atoms with E-state index < -0.39 is 20.1 Å². The first kappa shape index (κ1) is 19.1. The molecule has 1 aromatic rings. The van der Waals surface area contributed by atoms with Crippen molar-refractivity contribution in [2.24, 2.45) is 0 Å². The van der Waals surface area contributed by atoms with E-state index >= 15 is 0 Å². The van der Waals surface area contributed by atoms with Crippen LogP contribution in [0.2, 0.25) is 23.2 Å². The van der Waals surface area contributed by atoms with Crippen LogP contribution in [0.3, 0.4) is 0 Å². The van der Waals surface area contributed by atoms with Crippen LogP contribution in [0.1, 0.15) is 38.8 Å². The molecule has 0 radical (unpaired) electrons. The van der Waals surface area contributed by atoms with Gasteiger partial charge in [-0.25, -0.2) is 0 Å². The monoisotopic (exact) mass is 350 g/mol. The molecule has 0 unspecified atom stereocenters. The SMILES string of the molecule is C/C=C(\O[Si](C)(C)C(C)(C)C)c1ccc(Cl)c(C(F)(F)F)c1. The quantitative estimate of drug-likeness (QED) is 0.433. The van der Waals surface area contributed by atoms with Crippen LogP contribution >= 0.6 is 11.6 Å². The Hall–Kier alpha value is -0.943. The van der Waals surface area contributed by atoms with Gasteiger partial charge in [0.1, 0.15) is 5.76 Å². The third kappa shape index (κ3) is 4.29. The van der Waals surface area contributed by atoms with Gasteiger partial charge < -0.3 is 4.43 Å². The van der Waals surface area contributed by atoms with Gasteiger partial charge in [-0.2, -0.15) is 13.2 Å². The summed E-state index contributed by atoms with van der Waals surface area (Å²) in [5.41, 5.74) is -0.450. The molecule has 22 heavy (non-hydrogen) atoms. The van der Waals surface area contributed by atoms with Crippen molar-refractivity contribution in [2.75, 3.05) is 0 Å². The summed E-state index contributed by atoms with van der Waals surface area (Å²) in [5, 5.41) is -0.348. The summed E-state index contributed by atoms with van der Waals surface area (Å²) in [6.45, 7) is 12.1. The van der Waals surface area contributed by atoms with Gasteiger partial charge in [-0.1, -0.05) is 32.4 Å². The van der Waals surface area contributed by atoms with Crippen LogP contribution in [0.5, 0.6) is 0 Å². The van der Waals surface area contributed by atoms with Crippen LogP contribution in [0.25, 0.3) is 5.76 Å². The Morgan fingerprint density at radius 2 is 1.73 bits per heavy atom. The number of hydrogen-bond acceptors (Lipinski definition) is 1. The van der Waals surface area contributed by atoms with E-state index in [4.69, 9.17) is 16.0 Å². The molecule has 1 nitrogen and oxygen atoms in total. The van der Waals surface area contributed by atoms with Gasteiger partial charge in [-0.3, -0.25) is 0 Å². The van der Waals surface area contributed by atoms with Gasteiger partial charge in [0.2, 0.25) is 8.32 Å². The Kier molecular flexibility index (Phi) is 5.45. The third-order valence-electron chi connectivity index (χ3n) is 3.99. The average Bonchev–Trinajstić information content (AvgIpc) is 2.34. The van der Waals surface area contributed by atoms with Crippen LogP contribution in [-0.2, 0) is 10.6 Å². The van der Waals surface area contributed by atoms with E-state index in [1.54, 1.807) is 19.1 Å². The maximum Gasteiger partial charge on any atom is 0.417 e. The lowest BCUT2D eigenvalue weighted by atomic mass is 10.1. The summed E-state index contributed by atoms with van der Waals surface area (Å²) >= 11 is 5.66. The number of hydrogen-bond donors (Lipinski definition) is 0. The van der Waals surface area contributed by atoms with Crippen molar-refractivity contribution in [3.05, 3.63) is 40.4 Å². The van der Waals surface area contributed by atoms with Gasteiger partial charge in [-0.05, 0) is 49.3 Å². The van der Waals surface area contributed by atoms with Crippen LogP contribution in [0.4, 0.5) is 13.2 Å². The molecule has 0 N–H and O–H groups in total. The Balaban J connectivity index is 3.24. The minimum atomic E-state index is -4.48. The molecule has 0 aliphatic carbocycles. The molecular formula is C16H22ClF3OSi. The lowest BCUT2D eigenvalue weighted by molar-refractivity contribution is -0.137. The van der Waals surface area contributed by atoms with E-state index in [0.717, 1.165) is 6.07 Å². The molecule has 0 aromatic heterocycles. The summed E-state index contributed by atoms with van der Waals surface area (Å²) in [4.78, 5) is 0. The van der Waals surface area contributed by atoms with Gasteiger partial charge in [0, 0.05) is 5.56 Å². The number of halogens is 4. The molecule has 0 saturated heterocycles. The van der Waals surface area contributed by atoms with Crippen molar-refractivity contribution in [3.8, 4) is 0 Å². The maximum absolute atomic E-state index is 13.0. The normalized spacial score (nSPS) is 14.2. The van der Waals surface area contributed by atoms with Crippen molar-refractivity contribution in [1.29, 1.82) is 0 Å². The molecule has 0 aliphatic heterocycles. The third-order valence-corrected chi connectivity index (χ3v) is 8.66. The van der Waals surface area contributed by atoms with Gasteiger partial charge in [0.15, 0.2) is 0 Å². The first-order valence-electron chi connectivity index (χ1n) is 7.02. The largest absolute Gasteiger partial charge is 0.543 e. The minimum absolute atomic E-state index is 0.0411. The molecule has 0 saturated carbocycles. The van der Waals surface area contributed by atoms with Gasteiger partial charge >= 0.3 is 6.18 Å². The number of rotatable bonds is 3. The average molecular weight is 351 g/mol. The van der Waals surface area contributed by atoms with Crippen molar-refractivity contribution >= 4 is 25.7 Å². The fourth-order valence-electron chi connectivity index (χ4n) is 1.61. The zero-order valence-electron chi connectivity index (χ0n) is 13.7. The first-order chi connectivity index (χ1) is 9.79. The van der Waals surface area contributed by atoms with Crippen molar-refractivity contribution < 1.29 is 17.6 Å². The van der Waals surface area contributed by atoms with E-state index in [1.807, 2.05) is 0 Å². The number of benzene rings is 1. The zero-order chi connectivity index (χ0) is 17.3. The summed E-state index contributed by atoms with van der Waals surface area (Å²) in [7, 11) is -2.13. The van der Waals surface area contributed by atoms with E-state index in [9.17, 15) is 13.2 Å². The second kappa shape index (κ2) is 6.28. The topological polar surface area (TPSA) is 9.23 Å². The highest BCUT2D eigenvalue weighted by Gasteiger charge is 2.40. The fourth-order valence-corrected chi connectivity index (χ4v) is 2.92. The van der Waals surface area contributed by atoms with Crippen molar-refractivity contribution in [1.82, 2.24) is 0 Å². The van der Waals surface area contributed by atoms with Crippen LogP contribution in [0.15, 0.2) is 24.3 Å². The van der Waals surface area contributed by atoms with E-state index in [2.05, 4.69) is 33.9 Å². The molecule has 0 amide bonds. The summed E-state index contributed by atoms with van der Waals surface area (Å²) < 4.78 is 45.1. The van der Waals surface area contributed by atoms with E-state index in [-0.39, 0.29) is 10.1 Å². The molecule has 1 rings (SSSR count). The number of allylic oxidation sites excluding steroid dienone is 1. The smallest absolute Gasteiger partial charge is 0.417 e. The Morgan fingerprint density at radius 3 is 2.14 bits per heavy atom. The molecule has 0 fully saturated rings. The summed E-state index contributed by atoms with van der Waals surface area (Å²) in [6.07, 6.45) is -2.78. The standard InChI is InChI=1S/C16H22ClF3OSi/c1-7-14(21-22(5,6)15(2,3)4)11-8-9-13(17)12(10-11)16(18,19)20/h7-10H,1-6H3/b14-7-. The fraction of sp³-hybridized carbons (Fsp3) is 0.500. The molecular weight excluding hydrogens is 329 g/mol. The Labute approximate surface area is 136 Å². The van der Waals surface area contributed by atoms with E-state index in [1.165, 1.54) is 6.07 Å². The predicted molar refractivity (Wildman–Crippen MR) is 88.4 cm³/mol. The highest BCUT2D eigenvalue weighted by molar-refractivity contribution is 6.74. The van der Waals surface area contributed by atoms with Crippen molar-refractivity contribution in [2.45, 2.75) is 52.0 Å². The lowest BCUT2D eigenvalue weighted by Crippen LogP contribution is -2.40. The van der Waals surface area contributed by atoms with Gasteiger partial charge in [0.05, 0.1) is 10.6 Å². The number of alkyl halides is 3. The molecule has 0 aliphatic rings. The van der Waals surface area contributed by atoms with Gasteiger partial charge in [0.25, 0.3) is 0 Å².